The van der Waals surface area contributed by atoms with Gasteiger partial charge in [-0.3, -0.25) is 4.79 Å². The summed E-state index contributed by atoms with van der Waals surface area (Å²) in [7, 11) is 3.74. The van der Waals surface area contributed by atoms with Crippen LogP contribution in [0.5, 0.6) is 0 Å². The van der Waals surface area contributed by atoms with E-state index in [0.717, 1.165) is 35.5 Å². The molecule has 0 atom stereocenters. The monoisotopic (exact) mass is 436 g/mol. The summed E-state index contributed by atoms with van der Waals surface area (Å²) in [6, 6.07) is 14.1. The van der Waals surface area contributed by atoms with Gasteiger partial charge in [0.1, 0.15) is 5.02 Å². The van der Waals surface area contributed by atoms with Crippen LogP contribution >= 0.6 is 11.6 Å². The Labute approximate surface area is 186 Å². The number of carbonyl (C=O) groups excluding carboxylic acids is 1. The van der Waals surface area contributed by atoms with Gasteiger partial charge in [0.15, 0.2) is 5.82 Å². The molecule has 0 radical (unpaired) electrons. The molecule has 0 spiro atoms. The third kappa shape index (κ3) is 4.95. The van der Waals surface area contributed by atoms with E-state index in [4.69, 9.17) is 11.6 Å². The Balaban J connectivity index is 1.56. The maximum absolute atomic E-state index is 12.0. The summed E-state index contributed by atoms with van der Waals surface area (Å²) >= 11 is 6.35. The quantitative estimate of drug-likeness (QED) is 0.536. The lowest BCUT2D eigenvalue weighted by Crippen LogP contribution is -2.24. The molecule has 3 N–H and O–H groups in total. The molecule has 4 rings (SSSR count). The van der Waals surface area contributed by atoms with Crippen LogP contribution in [0.3, 0.4) is 0 Å². The first-order valence-corrected chi connectivity index (χ1v) is 10.6. The summed E-state index contributed by atoms with van der Waals surface area (Å²) in [4.78, 5) is 22.7. The standard InChI is InChI=1S/C23H25ClN6O/c1-25-12-16-5-3-4-6-20(16)28-22-19(24)13-26-23(29-22)27-18-9-7-15-8-10-21(31)30(2)14-17(15)11-18/h3-7,9,11,13,25H,8,10,12,14H2,1-2H3,(H2,26,27,28,29). The van der Waals surface area contributed by atoms with Crippen molar-refractivity contribution in [2.45, 2.75) is 25.9 Å². The Kier molecular flexibility index (Phi) is 6.34. The van der Waals surface area contributed by atoms with Gasteiger partial charge in [0.05, 0.1) is 6.20 Å². The van der Waals surface area contributed by atoms with E-state index in [9.17, 15) is 4.79 Å². The third-order valence-corrected chi connectivity index (χ3v) is 5.56. The van der Waals surface area contributed by atoms with E-state index in [1.54, 1.807) is 11.1 Å². The molecule has 1 aliphatic heterocycles. The second-order valence-electron chi connectivity index (χ2n) is 7.56. The number of aromatic nitrogens is 2. The summed E-state index contributed by atoms with van der Waals surface area (Å²) in [5.41, 5.74) is 5.24. The molecule has 3 aromatic rings. The normalized spacial score (nSPS) is 13.5. The first-order valence-electron chi connectivity index (χ1n) is 10.2. The van der Waals surface area contributed by atoms with Gasteiger partial charge in [-0.2, -0.15) is 4.98 Å². The molecule has 1 amide bonds. The van der Waals surface area contributed by atoms with Gasteiger partial charge in [0.25, 0.3) is 0 Å². The van der Waals surface area contributed by atoms with Crippen molar-refractivity contribution in [3.05, 3.63) is 70.4 Å². The number of carbonyl (C=O) groups is 1. The van der Waals surface area contributed by atoms with Crippen molar-refractivity contribution in [3.8, 4) is 0 Å². The summed E-state index contributed by atoms with van der Waals surface area (Å²) in [5, 5.41) is 10.2. The van der Waals surface area contributed by atoms with Crippen molar-refractivity contribution in [1.29, 1.82) is 0 Å². The molecule has 2 aromatic carbocycles. The van der Waals surface area contributed by atoms with Crippen LogP contribution in [-0.2, 0) is 24.3 Å². The fourth-order valence-electron chi connectivity index (χ4n) is 3.63. The topological polar surface area (TPSA) is 82.2 Å². The second-order valence-corrected chi connectivity index (χ2v) is 7.97. The molecule has 2 heterocycles. The highest BCUT2D eigenvalue weighted by Crippen LogP contribution is 2.28. The predicted octanol–water partition coefficient (Wildman–Crippen LogP) is 4.24. The minimum Gasteiger partial charge on any atom is -0.341 e. The van der Waals surface area contributed by atoms with Gasteiger partial charge in [0.2, 0.25) is 11.9 Å². The Morgan fingerprint density at radius 2 is 1.94 bits per heavy atom. The molecule has 0 saturated carbocycles. The number of hydrogen-bond acceptors (Lipinski definition) is 6. The lowest BCUT2D eigenvalue weighted by atomic mass is 10.0. The van der Waals surface area contributed by atoms with Crippen LogP contribution in [0.4, 0.5) is 23.1 Å². The minimum absolute atomic E-state index is 0.168. The number of amides is 1. The molecule has 0 aliphatic carbocycles. The van der Waals surface area contributed by atoms with Crippen molar-refractivity contribution < 1.29 is 4.79 Å². The van der Waals surface area contributed by atoms with Crippen molar-refractivity contribution in [2.24, 2.45) is 0 Å². The molecule has 8 heteroatoms. The second kappa shape index (κ2) is 9.32. The number of anilines is 4. The van der Waals surface area contributed by atoms with Crippen LogP contribution in [0.1, 0.15) is 23.1 Å². The SMILES string of the molecule is CNCc1ccccc1Nc1nc(Nc2ccc3c(c2)CN(C)C(=O)CC3)ncc1Cl. The Morgan fingerprint density at radius 3 is 2.77 bits per heavy atom. The van der Waals surface area contributed by atoms with E-state index in [1.165, 1.54) is 5.56 Å². The first-order chi connectivity index (χ1) is 15.0. The number of fused-ring (bicyclic) bond motifs is 1. The summed E-state index contributed by atoms with van der Waals surface area (Å²) < 4.78 is 0. The van der Waals surface area contributed by atoms with Crippen LogP contribution in [0, 0.1) is 0 Å². The maximum Gasteiger partial charge on any atom is 0.229 e. The molecule has 0 unspecified atom stereocenters. The lowest BCUT2D eigenvalue weighted by Gasteiger charge is -2.16. The zero-order valence-corrected chi connectivity index (χ0v) is 18.3. The van der Waals surface area contributed by atoms with Crippen molar-refractivity contribution >= 4 is 40.6 Å². The van der Waals surface area contributed by atoms with E-state index in [1.807, 2.05) is 44.4 Å². The Hall–Kier alpha value is -3.16. The van der Waals surface area contributed by atoms with Crippen LogP contribution in [0.25, 0.3) is 0 Å². The average molecular weight is 437 g/mol. The number of halogens is 1. The zero-order chi connectivity index (χ0) is 21.8. The summed E-state index contributed by atoms with van der Waals surface area (Å²) in [5.74, 6) is 1.14. The van der Waals surface area contributed by atoms with Gasteiger partial charge in [-0.05, 0) is 48.4 Å². The summed E-state index contributed by atoms with van der Waals surface area (Å²) in [6.07, 6.45) is 2.88. The Morgan fingerprint density at radius 1 is 1.10 bits per heavy atom. The molecular formula is C23H25ClN6O. The van der Waals surface area contributed by atoms with Crippen LogP contribution in [0.15, 0.2) is 48.7 Å². The lowest BCUT2D eigenvalue weighted by molar-refractivity contribution is -0.130. The number of rotatable bonds is 6. The summed E-state index contributed by atoms with van der Waals surface area (Å²) in [6.45, 7) is 1.32. The largest absolute Gasteiger partial charge is 0.341 e. The van der Waals surface area contributed by atoms with Crippen molar-refractivity contribution in [2.75, 3.05) is 24.7 Å². The fraction of sp³-hybridized carbons (Fsp3) is 0.261. The van der Waals surface area contributed by atoms with E-state index < -0.39 is 0 Å². The number of nitrogens with zero attached hydrogens (tertiary/aromatic N) is 3. The molecular weight excluding hydrogens is 412 g/mol. The molecule has 0 fully saturated rings. The van der Waals surface area contributed by atoms with E-state index in [0.29, 0.717) is 29.8 Å². The molecule has 0 saturated heterocycles. The van der Waals surface area contributed by atoms with Crippen molar-refractivity contribution in [3.63, 3.8) is 0 Å². The predicted molar refractivity (Wildman–Crippen MR) is 124 cm³/mol. The number of benzene rings is 2. The highest BCUT2D eigenvalue weighted by atomic mass is 35.5. The van der Waals surface area contributed by atoms with Gasteiger partial charge in [0, 0.05) is 37.9 Å². The van der Waals surface area contributed by atoms with Crippen molar-refractivity contribution in [1.82, 2.24) is 20.2 Å². The van der Waals surface area contributed by atoms with Crippen LogP contribution < -0.4 is 16.0 Å². The van der Waals surface area contributed by atoms with E-state index in [-0.39, 0.29) is 5.91 Å². The van der Waals surface area contributed by atoms with Gasteiger partial charge in [-0.1, -0.05) is 35.9 Å². The third-order valence-electron chi connectivity index (χ3n) is 5.29. The van der Waals surface area contributed by atoms with E-state index in [2.05, 4.69) is 38.1 Å². The highest BCUT2D eigenvalue weighted by Gasteiger charge is 2.18. The highest BCUT2D eigenvalue weighted by molar-refractivity contribution is 6.32. The number of aryl methyl sites for hydroxylation is 1. The molecule has 1 aliphatic rings. The van der Waals surface area contributed by atoms with Gasteiger partial charge in [-0.15, -0.1) is 0 Å². The molecule has 0 bridgehead atoms. The van der Waals surface area contributed by atoms with Gasteiger partial charge >= 0.3 is 0 Å². The first kappa shape index (κ1) is 21.1. The number of hydrogen-bond donors (Lipinski definition) is 3. The van der Waals surface area contributed by atoms with Gasteiger partial charge < -0.3 is 20.9 Å². The smallest absolute Gasteiger partial charge is 0.229 e. The Bertz CT molecular complexity index is 1100. The molecule has 7 nitrogen and oxygen atoms in total. The molecule has 160 valence electrons. The average Bonchev–Trinajstić information content (AvgIpc) is 2.90. The number of nitrogens with one attached hydrogen (secondary N) is 3. The van der Waals surface area contributed by atoms with Gasteiger partial charge in [-0.25, -0.2) is 4.98 Å². The fourth-order valence-corrected chi connectivity index (χ4v) is 3.77. The molecule has 1 aromatic heterocycles. The van der Waals surface area contributed by atoms with E-state index >= 15 is 0 Å². The minimum atomic E-state index is 0.168. The molecule has 31 heavy (non-hydrogen) atoms. The zero-order valence-electron chi connectivity index (χ0n) is 17.6. The number of para-hydroxylation sites is 1. The maximum atomic E-state index is 12.0. The van der Waals surface area contributed by atoms with Crippen LogP contribution in [0.2, 0.25) is 5.02 Å². The van der Waals surface area contributed by atoms with Crippen LogP contribution in [-0.4, -0.2) is 34.9 Å².